The van der Waals surface area contributed by atoms with Crippen LogP contribution in [0.4, 0.5) is 5.69 Å². The zero-order valence-electron chi connectivity index (χ0n) is 15.4. The SMILES string of the molecule is Cc1cc(C)c(NC(=O)CNC(=O)CCc2c(C)noc2C)c(C)c1. The number of rotatable bonds is 6. The molecule has 2 rings (SSSR count). The van der Waals surface area contributed by atoms with Gasteiger partial charge in [0.25, 0.3) is 0 Å². The highest BCUT2D eigenvalue weighted by Gasteiger charge is 2.13. The molecule has 2 N–H and O–H groups in total. The van der Waals surface area contributed by atoms with Gasteiger partial charge in [-0.25, -0.2) is 0 Å². The van der Waals surface area contributed by atoms with Gasteiger partial charge in [-0.3, -0.25) is 9.59 Å². The Balaban J connectivity index is 1.83. The maximum absolute atomic E-state index is 12.1. The van der Waals surface area contributed by atoms with E-state index in [2.05, 4.69) is 15.8 Å². The first-order valence-electron chi connectivity index (χ1n) is 8.34. The smallest absolute Gasteiger partial charge is 0.243 e. The minimum Gasteiger partial charge on any atom is -0.361 e. The van der Waals surface area contributed by atoms with Gasteiger partial charge in [0.1, 0.15) is 5.76 Å². The Morgan fingerprint density at radius 2 is 1.68 bits per heavy atom. The maximum Gasteiger partial charge on any atom is 0.243 e. The molecule has 0 aliphatic carbocycles. The molecular weight excluding hydrogens is 318 g/mol. The Hall–Kier alpha value is -2.63. The van der Waals surface area contributed by atoms with Crippen LogP contribution in [0.1, 0.15) is 40.1 Å². The molecule has 1 aromatic carbocycles. The largest absolute Gasteiger partial charge is 0.361 e. The lowest BCUT2D eigenvalue weighted by Gasteiger charge is -2.13. The first-order chi connectivity index (χ1) is 11.8. The summed E-state index contributed by atoms with van der Waals surface area (Å²) in [6.07, 6.45) is 0.837. The van der Waals surface area contributed by atoms with Gasteiger partial charge in [0.05, 0.1) is 12.2 Å². The third-order valence-electron chi connectivity index (χ3n) is 4.17. The molecule has 1 heterocycles. The van der Waals surface area contributed by atoms with Crippen LogP contribution in [0.2, 0.25) is 0 Å². The summed E-state index contributed by atoms with van der Waals surface area (Å²) in [4.78, 5) is 24.1. The van der Waals surface area contributed by atoms with Crippen molar-refractivity contribution in [1.82, 2.24) is 10.5 Å². The summed E-state index contributed by atoms with van der Waals surface area (Å²) in [5, 5.41) is 9.39. The van der Waals surface area contributed by atoms with E-state index in [0.29, 0.717) is 12.8 Å². The molecule has 1 aromatic heterocycles. The van der Waals surface area contributed by atoms with E-state index in [1.165, 1.54) is 0 Å². The van der Waals surface area contributed by atoms with Crippen LogP contribution in [-0.4, -0.2) is 23.5 Å². The van der Waals surface area contributed by atoms with Gasteiger partial charge in [-0.2, -0.15) is 0 Å². The molecule has 0 aliphatic rings. The fourth-order valence-corrected chi connectivity index (χ4v) is 2.93. The lowest BCUT2D eigenvalue weighted by Crippen LogP contribution is -2.33. The van der Waals surface area contributed by atoms with Crippen molar-refractivity contribution in [1.29, 1.82) is 0 Å². The number of benzene rings is 1. The molecule has 0 aliphatic heterocycles. The van der Waals surface area contributed by atoms with E-state index in [0.717, 1.165) is 39.4 Å². The fraction of sp³-hybridized carbons (Fsp3) is 0.421. The van der Waals surface area contributed by atoms with Gasteiger partial charge in [-0.15, -0.1) is 0 Å². The van der Waals surface area contributed by atoms with Gasteiger partial charge in [0.2, 0.25) is 11.8 Å². The molecule has 0 bridgehead atoms. The van der Waals surface area contributed by atoms with E-state index in [-0.39, 0.29) is 18.4 Å². The lowest BCUT2D eigenvalue weighted by molar-refractivity contribution is -0.124. The molecule has 0 radical (unpaired) electrons. The topological polar surface area (TPSA) is 84.2 Å². The highest BCUT2D eigenvalue weighted by atomic mass is 16.5. The fourth-order valence-electron chi connectivity index (χ4n) is 2.93. The average molecular weight is 343 g/mol. The second-order valence-electron chi connectivity index (χ2n) is 6.40. The average Bonchev–Trinajstić information content (AvgIpc) is 2.85. The Morgan fingerprint density at radius 3 is 2.24 bits per heavy atom. The zero-order chi connectivity index (χ0) is 18.6. The van der Waals surface area contributed by atoms with E-state index in [1.807, 2.05) is 46.8 Å². The van der Waals surface area contributed by atoms with Crippen LogP contribution < -0.4 is 10.6 Å². The number of aryl methyl sites for hydroxylation is 5. The molecule has 2 amide bonds. The van der Waals surface area contributed by atoms with Crippen LogP contribution in [0, 0.1) is 34.6 Å². The summed E-state index contributed by atoms with van der Waals surface area (Å²) in [7, 11) is 0. The van der Waals surface area contributed by atoms with Crippen LogP contribution in [0.15, 0.2) is 16.7 Å². The summed E-state index contributed by atoms with van der Waals surface area (Å²) in [5.41, 5.74) is 5.73. The number of amides is 2. The second kappa shape index (κ2) is 7.96. The Labute approximate surface area is 148 Å². The van der Waals surface area contributed by atoms with E-state index >= 15 is 0 Å². The first-order valence-corrected chi connectivity index (χ1v) is 8.34. The van der Waals surface area contributed by atoms with Gasteiger partial charge < -0.3 is 15.2 Å². The maximum atomic E-state index is 12.1. The van der Waals surface area contributed by atoms with Crippen molar-refractivity contribution in [3.63, 3.8) is 0 Å². The Morgan fingerprint density at radius 1 is 1.04 bits per heavy atom. The third kappa shape index (κ3) is 4.92. The number of anilines is 1. The predicted octanol–water partition coefficient (Wildman–Crippen LogP) is 2.90. The highest BCUT2D eigenvalue weighted by Crippen LogP contribution is 2.21. The lowest BCUT2D eigenvalue weighted by atomic mass is 10.1. The minimum absolute atomic E-state index is 0.0484. The quantitative estimate of drug-likeness (QED) is 0.845. The van der Waals surface area contributed by atoms with Gasteiger partial charge >= 0.3 is 0 Å². The molecule has 134 valence electrons. The Kier molecular flexibility index (Phi) is 5.96. The molecule has 0 spiro atoms. The van der Waals surface area contributed by atoms with Crippen molar-refractivity contribution in [3.8, 4) is 0 Å². The van der Waals surface area contributed by atoms with Crippen LogP contribution in [0.3, 0.4) is 0 Å². The van der Waals surface area contributed by atoms with Crippen LogP contribution in [0.25, 0.3) is 0 Å². The second-order valence-corrected chi connectivity index (χ2v) is 6.40. The number of hydrogen-bond acceptors (Lipinski definition) is 4. The molecule has 0 atom stereocenters. The molecule has 25 heavy (non-hydrogen) atoms. The third-order valence-corrected chi connectivity index (χ3v) is 4.17. The van der Waals surface area contributed by atoms with E-state index < -0.39 is 0 Å². The van der Waals surface area contributed by atoms with E-state index in [9.17, 15) is 9.59 Å². The first kappa shape index (κ1) is 18.7. The molecular formula is C19H25N3O3. The molecule has 6 heteroatoms. The number of aromatic nitrogens is 1. The number of carbonyl (C=O) groups is 2. The van der Waals surface area contributed by atoms with Gasteiger partial charge in [-0.05, 0) is 52.2 Å². The minimum atomic E-state index is -0.235. The molecule has 0 saturated carbocycles. The molecule has 0 unspecified atom stereocenters. The number of nitrogens with zero attached hydrogens (tertiary/aromatic N) is 1. The monoisotopic (exact) mass is 343 g/mol. The standard InChI is InChI=1S/C19H25N3O3/c1-11-8-12(2)19(13(3)9-11)21-18(24)10-20-17(23)7-6-16-14(4)22-25-15(16)5/h8-9H,6-7,10H2,1-5H3,(H,20,23)(H,21,24). The normalized spacial score (nSPS) is 10.6. The highest BCUT2D eigenvalue weighted by molar-refractivity contribution is 5.95. The zero-order valence-corrected chi connectivity index (χ0v) is 15.4. The van der Waals surface area contributed by atoms with Crippen molar-refractivity contribution in [2.24, 2.45) is 0 Å². The van der Waals surface area contributed by atoms with Crippen molar-refractivity contribution in [2.45, 2.75) is 47.5 Å². The summed E-state index contributed by atoms with van der Waals surface area (Å²) in [5.74, 6) is 0.321. The molecule has 2 aromatic rings. The summed E-state index contributed by atoms with van der Waals surface area (Å²) < 4.78 is 5.08. The van der Waals surface area contributed by atoms with Crippen LogP contribution >= 0.6 is 0 Å². The van der Waals surface area contributed by atoms with Gasteiger partial charge in [0, 0.05) is 17.7 Å². The van der Waals surface area contributed by atoms with E-state index in [1.54, 1.807) is 0 Å². The number of carbonyl (C=O) groups excluding carboxylic acids is 2. The van der Waals surface area contributed by atoms with Crippen LogP contribution in [-0.2, 0) is 16.0 Å². The molecule has 6 nitrogen and oxygen atoms in total. The summed E-state index contributed by atoms with van der Waals surface area (Å²) >= 11 is 0. The van der Waals surface area contributed by atoms with Crippen molar-refractivity contribution >= 4 is 17.5 Å². The number of hydrogen-bond donors (Lipinski definition) is 2. The van der Waals surface area contributed by atoms with Crippen LogP contribution in [0.5, 0.6) is 0 Å². The molecule has 0 fully saturated rings. The summed E-state index contributed by atoms with van der Waals surface area (Å²) in [6, 6.07) is 4.04. The predicted molar refractivity (Wildman–Crippen MR) is 96.6 cm³/mol. The van der Waals surface area contributed by atoms with Crippen molar-refractivity contribution in [2.75, 3.05) is 11.9 Å². The Bertz CT molecular complexity index is 751. The summed E-state index contributed by atoms with van der Waals surface area (Å²) in [6.45, 7) is 9.56. The van der Waals surface area contributed by atoms with Gasteiger partial charge in [-0.1, -0.05) is 22.9 Å². The molecule has 0 saturated heterocycles. The van der Waals surface area contributed by atoms with Gasteiger partial charge in [0.15, 0.2) is 0 Å². The number of nitrogens with one attached hydrogen (secondary N) is 2. The van der Waals surface area contributed by atoms with Crippen molar-refractivity contribution in [3.05, 3.63) is 45.8 Å². The van der Waals surface area contributed by atoms with E-state index in [4.69, 9.17) is 4.52 Å². The van der Waals surface area contributed by atoms with Crippen molar-refractivity contribution < 1.29 is 14.1 Å².